The maximum absolute atomic E-state index is 11.6. The fourth-order valence-electron chi connectivity index (χ4n) is 1.62. The van der Waals surface area contributed by atoms with Gasteiger partial charge in [-0.05, 0) is 20.8 Å². The lowest BCUT2D eigenvalue weighted by molar-refractivity contribution is -0.520. The van der Waals surface area contributed by atoms with Gasteiger partial charge in [0, 0.05) is 11.5 Å². The quantitative estimate of drug-likeness (QED) is 0.517. The summed E-state index contributed by atoms with van der Waals surface area (Å²) in [7, 11) is 0. The molecule has 1 aliphatic rings. The number of urea groups is 1. The van der Waals surface area contributed by atoms with Crippen LogP contribution in [0.25, 0.3) is 0 Å². The van der Waals surface area contributed by atoms with Crippen molar-refractivity contribution in [1.29, 1.82) is 0 Å². The zero-order valence-corrected chi connectivity index (χ0v) is 8.81. The number of amides is 3. The number of imide groups is 1. The lowest BCUT2D eigenvalue weighted by Crippen LogP contribution is -2.69. The van der Waals surface area contributed by atoms with E-state index < -0.39 is 28.4 Å². The first-order valence-electron chi connectivity index (χ1n) is 4.58. The van der Waals surface area contributed by atoms with Crippen LogP contribution in [0.15, 0.2) is 0 Å². The molecule has 3 amide bonds. The number of hydrogen-bond donors (Lipinski definition) is 1. The predicted molar refractivity (Wildman–Crippen MR) is 50.8 cm³/mol. The number of rotatable bonds is 2. The molecular formula is C8H13N3O4. The van der Waals surface area contributed by atoms with Crippen molar-refractivity contribution < 1.29 is 14.5 Å². The third-order valence-electron chi connectivity index (χ3n) is 2.38. The number of carbonyl (C=O) groups is 2. The minimum Gasteiger partial charge on any atom is -0.325 e. The molecule has 7 heteroatoms. The minimum absolute atomic E-state index is 0.130. The summed E-state index contributed by atoms with van der Waals surface area (Å²) in [6.07, 6.45) is 0. The summed E-state index contributed by atoms with van der Waals surface area (Å²) in [5.41, 5.74) is -1.15. The van der Waals surface area contributed by atoms with Crippen LogP contribution in [0.2, 0.25) is 0 Å². The van der Waals surface area contributed by atoms with Crippen molar-refractivity contribution in [2.24, 2.45) is 0 Å². The third-order valence-corrected chi connectivity index (χ3v) is 2.38. The van der Waals surface area contributed by atoms with E-state index in [1.54, 1.807) is 6.92 Å². The van der Waals surface area contributed by atoms with Gasteiger partial charge in [-0.3, -0.25) is 19.8 Å². The second kappa shape index (κ2) is 3.48. The second-order valence-corrected chi connectivity index (χ2v) is 3.92. The van der Waals surface area contributed by atoms with E-state index in [0.717, 1.165) is 4.90 Å². The molecule has 0 aromatic carbocycles. The first-order chi connectivity index (χ1) is 6.81. The van der Waals surface area contributed by atoms with Gasteiger partial charge in [0.15, 0.2) is 0 Å². The first-order valence-corrected chi connectivity index (χ1v) is 4.58. The van der Waals surface area contributed by atoms with Gasteiger partial charge >= 0.3 is 18.0 Å². The van der Waals surface area contributed by atoms with Crippen LogP contribution in [0.3, 0.4) is 0 Å². The first kappa shape index (κ1) is 11.4. The molecule has 0 bridgehead atoms. The molecule has 0 aromatic rings. The highest BCUT2D eigenvalue weighted by Crippen LogP contribution is 2.20. The number of nitrogens with one attached hydrogen (secondary N) is 1. The average Bonchev–Trinajstić information content (AvgIpc) is 2.00. The molecule has 0 saturated carbocycles. The minimum atomic E-state index is -1.42. The monoisotopic (exact) mass is 215 g/mol. The van der Waals surface area contributed by atoms with Gasteiger partial charge in [-0.25, -0.2) is 4.79 Å². The van der Waals surface area contributed by atoms with Crippen LogP contribution in [-0.2, 0) is 4.79 Å². The van der Waals surface area contributed by atoms with Crippen LogP contribution in [-0.4, -0.2) is 39.9 Å². The third kappa shape index (κ3) is 1.77. The molecule has 1 atom stereocenters. The lowest BCUT2D eigenvalue weighted by Gasteiger charge is -2.37. The molecule has 1 heterocycles. The van der Waals surface area contributed by atoms with Gasteiger partial charge in [-0.2, -0.15) is 0 Å². The smallest absolute Gasteiger partial charge is 0.324 e. The molecule has 15 heavy (non-hydrogen) atoms. The summed E-state index contributed by atoms with van der Waals surface area (Å²) < 4.78 is 0. The van der Waals surface area contributed by atoms with Crippen molar-refractivity contribution in [3.63, 3.8) is 0 Å². The summed E-state index contributed by atoms with van der Waals surface area (Å²) in [6.45, 7) is 4.64. The van der Waals surface area contributed by atoms with Gasteiger partial charge in [0.05, 0.1) is 0 Å². The zero-order chi connectivity index (χ0) is 11.8. The largest absolute Gasteiger partial charge is 0.325 e. The standard InChI is InChI=1S/C8H13N3O4/c1-4-10-6(12)5(11(14)15)8(2,3)9-7(10)13/h5H,4H2,1-3H3,(H,9,13). The van der Waals surface area contributed by atoms with Crippen LogP contribution in [0.4, 0.5) is 4.79 Å². The summed E-state index contributed by atoms with van der Waals surface area (Å²) in [5.74, 6) is -0.753. The molecule has 1 N–H and O–H groups in total. The fourth-order valence-corrected chi connectivity index (χ4v) is 1.62. The SMILES string of the molecule is CCN1C(=O)NC(C)(C)C([N+](=O)[O-])C1=O. The molecule has 1 fully saturated rings. The average molecular weight is 215 g/mol. The van der Waals surface area contributed by atoms with Crippen LogP contribution in [0.1, 0.15) is 20.8 Å². The number of likely N-dealkylation sites (N-methyl/N-ethyl adjacent to an activating group) is 1. The Kier molecular flexibility index (Phi) is 2.65. The summed E-state index contributed by atoms with van der Waals surface area (Å²) in [6, 6.07) is -2.00. The Morgan fingerprint density at radius 1 is 1.53 bits per heavy atom. The zero-order valence-electron chi connectivity index (χ0n) is 8.81. The van der Waals surface area contributed by atoms with Crippen molar-refractivity contribution >= 4 is 11.9 Å². The maximum atomic E-state index is 11.6. The molecule has 0 spiro atoms. The van der Waals surface area contributed by atoms with Gasteiger partial charge in [0.2, 0.25) is 0 Å². The van der Waals surface area contributed by atoms with Crippen molar-refractivity contribution in [2.75, 3.05) is 6.54 Å². The molecule has 0 radical (unpaired) electrons. The summed E-state index contributed by atoms with van der Waals surface area (Å²) in [5, 5.41) is 13.2. The van der Waals surface area contributed by atoms with Crippen molar-refractivity contribution in [2.45, 2.75) is 32.4 Å². The second-order valence-electron chi connectivity index (χ2n) is 3.92. The Labute approximate surface area is 86.6 Å². The van der Waals surface area contributed by atoms with E-state index in [-0.39, 0.29) is 6.54 Å². The van der Waals surface area contributed by atoms with Crippen molar-refractivity contribution in [1.82, 2.24) is 10.2 Å². The lowest BCUT2D eigenvalue weighted by atomic mass is 9.92. The van der Waals surface area contributed by atoms with Crippen molar-refractivity contribution in [3.8, 4) is 0 Å². The Bertz CT molecular complexity index is 326. The van der Waals surface area contributed by atoms with E-state index in [4.69, 9.17) is 0 Å². The molecule has 1 saturated heterocycles. The van der Waals surface area contributed by atoms with E-state index in [2.05, 4.69) is 5.32 Å². The Balaban J connectivity index is 3.09. The van der Waals surface area contributed by atoms with Gasteiger partial charge in [0.1, 0.15) is 5.54 Å². The molecule has 1 unspecified atom stereocenters. The van der Waals surface area contributed by atoms with Gasteiger partial charge < -0.3 is 5.32 Å². The van der Waals surface area contributed by atoms with E-state index >= 15 is 0 Å². The van der Waals surface area contributed by atoms with E-state index in [1.807, 2.05) is 0 Å². The molecule has 1 rings (SSSR count). The highest BCUT2D eigenvalue weighted by molar-refractivity contribution is 6.00. The van der Waals surface area contributed by atoms with Crippen LogP contribution < -0.4 is 5.32 Å². The molecule has 7 nitrogen and oxygen atoms in total. The highest BCUT2D eigenvalue weighted by Gasteiger charge is 2.53. The molecule has 0 aliphatic carbocycles. The Morgan fingerprint density at radius 3 is 2.47 bits per heavy atom. The number of hydrogen-bond acceptors (Lipinski definition) is 4. The maximum Gasteiger partial charge on any atom is 0.324 e. The predicted octanol–water partition coefficient (Wildman–Crippen LogP) is -0.0180. The number of carbonyl (C=O) groups excluding carboxylic acids is 2. The van der Waals surface area contributed by atoms with Gasteiger partial charge in [-0.1, -0.05) is 0 Å². The molecule has 0 aromatic heterocycles. The van der Waals surface area contributed by atoms with E-state index in [9.17, 15) is 19.7 Å². The Morgan fingerprint density at radius 2 is 2.07 bits per heavy atom. The number of nitrogens with zero attached hydrogens (tertiary/aromatic N) is 2. The summed E-state index contributed by atoms with van der Waals surface area (Å²) in [4.78, 5) is 34.0. The number of nitro groups is 1. The highest BCUT2D eigenvalue weighted by atomic mass is 16.6. The van der Waals surface area contributed by atoms with Gasteiger partial charge in [0.25, 0.3) is 0 Å². The van der Waals surface area contributed by atoms with Crippen LogP contribution in [0, 0.1) is 10.1 Å². The normalized spacial score (nSPS) is 25.0. The Hall–Kier alpha value is -1.66. The van der Waals surface area contributed by atoms with E-state index in [0.29, 0.717) is 0 Å². The van der Waals surface area contributed by atoms with E-state index in [1.165, 1.54) is 13.8 Å². The molecule has 1 aliphatic heterocycles. The fraction of sp³-hybridized carbons (Fsp3) is 0.750. The molecule has 84 valence electrons. The van der Waals surface area contributed by atoms with Crippen LogP contribution >= 0.6 is 0 Å². The molecular weight excluding hydrogens is 202 g/mol. The van der Waals surface area contributed by atoms with Gasteiger partial charge in [-0.15, -0.1) is 0 Å². The topological polar surface area (TPSA) is 92.6 Å². The summed E-state index contributed by atoms with van der Waals surface area (Å²) >= 11 is 0. The van der Waals surface area contributed by atoms with Crippen LogP contribution in [0.5, 0.6) is 0 Å². The van der Waals surface area contributed by atoms with Crippen molar-refractivity contribution in [3.05, 3.63) is 10.1 Å².